The zero-order valence-corrected chi connectivity index (χ0v) is 13.4. The van der Waals surface area contributed by atoms with Crippen molar-refractivity contribution in [1.82, 2.24) is 5.32 Å². The Morgan fingerprint density at radius 2 is 2.14 bits per heavy atom. The molecule has 1 aliphatic heterocycles. The summed E-state index contributed by atoms with van der Waals surface area (Å²) in [5.41, 5.74) is 1.43. The number of hydrogen-bond donors (Lipinski definition) is 1. The van der Waals surface area contributed by atoms with Gasteiger partial charge in [0.1, 0.15) is 5.94 Å². The number of hydrogen-bond acceptors (Lipinski definition) is 3. The molecule has 0 aromatic carbocycles. The second-order valence-corrected chi connectivity index (χ2v) is 8.13. The number of allylic oxidation sites excluding steroid dienone is 3. The van der Waals surface area contributed by atoms with E-state index >= 15 is 0 Å². The third-order valence-electron chi connectivity index (χ3n) is 7.35. The molecule has 22 heavy (non-hydrogen) atoms. The third-order valence-corrected chi connectivity index (χ3v) is 7.35. The van der Waals surface area contributed by atoms with Crippen molar-refractivity contribution in [3.63, 3.8) is 0 Å². The second-order valence-electron chi connectivity index (χ2n) is 8.13. The summed E-state index contributed by atoms with van der Waals surface area (Å²) in [5, 5.41) is 3.59. The molecule has 3 heteroatoms. The van der Waals surface area contributed by atoms with Crippen LogP contribution in [-0.2, 0) is 9.59 Å². The molecule has 3 nitrogen and oxygen atoms in total. The minimum atomic E-state index is 0.118. The van der Waals surface area contributed by atoms with Gasteiger partial charge in [-0.2, -0.15) is 0 Å². The van der Waals surface area contributed by atoms with Gasteiger partial charge in [-0.15, -0.1) is 0 Å². The summed E-state index contributed by atoms with van der Waals surface area (Å²) in [5.74, 6) is 4.30. The number of carbonyl (C=O) groups is 1. The molecular weight excluding hydrogens is 274 g/mol. The monoisotopic (exact) mass is 299 g/mol. The Kier molecular flexibility index (Phi) is 3.13. The largest absolute Gasteiger partial charge is 0.387 e. The van der Waals surface area contributed by atoms with Crippen LogP contribution in [0.1, 0.15) is 51.9 Å². The Hall–Kier alpha value is -1.34. The second kappa shape index (κ2) is 4.83. The number of nitrogens with one attached hydrogen (secondary N) is 1. The minimum Gasteiger partial charge on any atom is -0.387 e. The van der Waals surface area contributed by atoms with Gasteiger partial charge in [0.2, 0.25) is 0 Å². The van der Waals surface area contributed by atoms with Crippen LogP contribution in [0.25, 0.3) is 0 Å². The molecule has 1 heterocycles. The van der Waals surface area contributed by atoms with Crippen LogP contribution in [0.15, 0.2) is 17.8 Å². The number of fused-ring (bicyclic) bond motifs is 5. The van der Waals surface area contributed by atoms with E-state index in [1.807, 2.05) is 12.2 Å². The standard InChI is InChI=1S/C19H25NO2/c1-18-7-4-13(22)11-17(18)20-12-14-15(18)5-8-19(9-10-21)6-2-3-16(14)19/h9,11,14-16,20H,2-8,12H2,1H3/t14-,15+,16+,18-,19+/m1/s1. The fourth-order valence-electron chi connectivity index (χ4n) is 6.22. The van der Waals surface area contributed by atoms with Gasteiger partial charge in [0.05, 0.1) is 0 Å². The predicted octanol–water partition coefficient (Wildman–Crippen LogP) is 3.04. The van der Waals surface area contributed by atoms with E-state index in [9.17, 15) is 9.59 Å². The molecule has 3 aliphatic carbocycles. The molecule has 0 aromatic rings. The maximum Gasteiger partial charge on any atom is 0.157 e. The van der Waals surface area contributed by atoms with Crippen molar-refractivity contribution in [1.29, 1.82) is 0 Å². The lowest BCUT2D eigenvalue weighted by atomic mass is 9.50. The van der Waals surface area contributed by atoms with Gasteiger partial charge >= 0.3 is 0 Å². The molecule has 118 valence electrons. The fourth-order valence-corrected chi connectivity index (χ4v) is 6.22. The summed E-state index contributed by atoms with van der Waals surface area (Å²) in [6.07, 6.45) is 11.4. The van der Waals surface area contributed by atoms with E-state index in [1.165, 1.54) is 25.0 Å². The van der Waals surface area contributed by atoms with Crippen LogP contribution in [0, 0.1) is 28.6 Å². The molecule has 0 amide bonds. The zero-order valence-electron chi connectivity index (χ0n) is 13.4. The fraction of sp³-hybridized carbons (Fsp3) is 0.737. The Balaban J connectivity index is 1.70. The molecule has 5 atom stereocenters. The Morgan fingerprint density at radius 1 is 1.27 bits per heavy atom. The highest BCUT2D eigenvalue weighted by molar-refractivity contribution is 5.91. The number of carbonyl (C=O) groups excluding carboxylic acids is 2. The lowest BCUT2D eigenvalue weighted by Crippen LogP contribution is -2.56. The molecule has 4 aliphatic rings. The lowest BCUT2D eigenvalue weighted by molar-refractivity contribution is -0.117. The summed E-state index contributed by atoms with van der Waals surface area (Å²) in [7, 11) is 0. The van der Waals surface area contributed by atoms with E-state index in [0.29, 0.717) is 24.2 Å². The normalized spacial score (nSPS) is 46.5. The first-order valence-electron chi connectivity index (χ1n) is 8.80. The molecule has 0 bridgehead atoms. The van der Waals surface area contributed by atoms with Crippen LogP contribution < -0.4 is 5.32 Å². The van der Waals surface area contributed by atoms with Crippen LogP contribution in [0.5, 0.6) is 0 Å². The Morgan fingerprint density at radius 3 is 2.95 bits per heavy atom. The quantitative estimate of drug-likeness (QED) is 0.757. The maximum absolute atomic E-state index is 11.8. The number of ketones is 1. The summed E-state index contributed by atoms with van der Waals surface area (Å²) in [4.78, 5) is 22.8. The van der Waals surface area contributed by atoms with Gasteiger partial charge in [-0.25, -0.2) is 4.79 Å². The Bertz CT molecular complexity index is 588. The molecule has 1 N–H and O–H groups in total. The van der Waals surface area contributed by atoms with Gasteiger partial charge in [0, 0.05) is 41.6 Å². The van der Waals surface area contributed by atoms with Gasteiger partial charge in [0.15, 0.2) is 5.78 Å². The van der Waals surface area contributed by atoms with Gasteiger partial charge in [0.25, 0.3) is 0 Å². The molecule has 0 radical (unpaired) electrons. The van der Waals surface area contributed by atoms with Crippen molar-refractivity contribution >= 4 is 11.7 Å². The van der Waals surface area contributed by atoms with Crippen molar-refractivity contribution in [2.75, 3.05) is 6.54 Å². The topological polar surface area (TPSA) is 46.2 Å². The average Bonchev–Trinajstić information content (AvgIpc) is 2.92. The van der Waals surface area contributed by atoms with Crippen molar-refractivity contribution in [2.24, 2.45) is 28.6 Å². The van der Waals surface area contributed by atoms with Crippen LogP contribution in [-0.4, -0.2) is 18.3 Å². The van der Waals surface area contributed by atoms with Crippen LogP contribution in [0.4, 0.5) is 0 Å². The molecule has 1 saturated heterocycles. The van der Waals surface area contributed by atoms with Crippen molar-refractivity contribution in [3.8, 4) is 0 Å². The molecule has 0 aromatic heterocycles. The number of piperidine rings is 1. The third kappa shape index (κ3) is 1.81. The summed E-state index contributed by atoms with van der Waals surface area (Å²) in [6, 6.07) is 0. The van der Waals surface area contributed by atoms with Crippen LogP contribution >= 0.6 is 0 Å². The van der Waals surface area contributed by atoms with Crippen LogP contribution in [0.3, 0.4) is 0 Å². The molecule has 0 spiro atoms. The predicted molar refractivity (Wildman–Crippen MR) is 84.7 cm³/mol. The summed E-state index contributed by atoms with van der Waals surface area (Å²) >= 11 is 0. The maximum atomic E-state index is 11.8. The first kappa shape index (κ1) is 14.3. The first-order chi connectivity index (χ1) is 10.6. The zero-order chi connectivity index (χ0) is 15.4. The smallest absolute Gasteiger partial charge is 0.157 e. The Labute approximate surface area is 132 Å². The highest BCUT2D eigenvalue weighted by atomic mass is 16.1. The molecular formula is C19H25NO2. The van der Waals surface area contributed by atoms with E-state index in [2.05, 4.69) is 18.2 Å². The lowest BCUT2D eigenvalue weighted by Gasteiger charge is -2.57. The van der Waals surface area contributed by atoms with Crippen molar-refractivity contribution in [2.45, 2.75) is 51.9 Å². The van der Waals surface area contributed by atoms with Crippen LogP contribution in [0.2, 0.25) is 0 Å². The summed E-state index contributed by atoms with van der Waals surface area (Å²) < 4.78 is 0. The SMILES string of the molecule is C[C@]12CCC(=O)C=C1NC[C@H]1[C@@H]3CCC[C@@]3(C=C=O)CC[C@@H]12. The highest BCUT2D eigenvalue weighted by Gasteiger charge is 2.57. The number of rotatable bonds is 1. The van der Waals surface area contributed by atoms with Gasteiger partial charge in [-0.1, -0.05) is 13.3 Å². The molecule has 0 unspecified atom stereocenters. The summed E-state index contributed by atoms with van der Waals surface area (Å²) in [6.45, 7) is 3.32. The molecule has 4 rings (SSSR count). The van der Waals surface area contributed by atoms with E-state index in [-0.39, 0.29) is 16.6 Å². The average molecular weight is 299 g/mol. The van der Waals surface area contributed by atoms with E-state index in [0.717, 1.165) is 25.8 Å². The van der Waals surface area contributed by atoms with E-state index in [4.69, 9.17) is 0 Å². The first-order valence-corrected chi connectivity index (χ1v) is 8.80. The van der Waals surface area contributed by atoms with Gasteiger partial charge < -0.3 is 5.32 Å². The van der Waals surface area contributed by atoms with Crippen molar-refractivity contribution in [3.05, 3.63) is 17.8 Å². The van der Waals surface area contributed by atoms with E-state index < -0.39 is 0 Å². The minimum absolute atomic E-state index is 0.118. The van der Waals surface area contributed by atoms with Gasteiger partial charge in [-0.3, -0.25) is 4.79 Å². The molecule has 3 fully saturated rings. The van der Waals surface area contributed by atoms with Crippen molar-refractivity contribution < 1.29 is 9.59 Å². The highest BCUT2D eigenvalue weighted by Crippen LogP contribution is 2.62. The van der Waals surface area contributed by atoms with E-state index in [1.54, 1.807) is 0 Å². The van der Waals surface area contributed by atoms with Gasteiger partial charge in [-0.05, 0) is 49.9 Å². The molecule has 2 saturated carbocycles.